The molecule has 0 N–H and O–H groups in total. The molecule has 0 spiro atoms. The SMILES string of the molecule is CN1C(=O)C(=Cc2c(Cl)cccc2Cl)c2ccccc21. The van der Waals surface area contributed by atoms with E-state index < -0.39 is 0 Å². The van der Waals surface area contributed by atoms with Crippen molar-refractivity contribution in [1.29, 1.82) is 0 Å². The molecule has 20 heavy (non-hydrogen) atoms. The number of para-hydroxylation sites is 1. The van der Waals surface area contributed by atoms with Crippen LogP contribution in [0.2, 0.25) is 10.0 Å². The fourth-order valence-corrected chi connectivity index (χ4v) is 2.84. The van der Waals surface area contributed by atoms with Crippen LogP contribution in [-0.2, 0) is 4.79 Å². The molecule has 3 rings (SSSR count). The Morgan fingerprint density at radius 3 is 2.35 bits per heavy atom. The van der Waals surface area contributed by atoms with Gasteiger partial charge in [0.25, 0.3) is 5.91 Å². The molecule has 1 aliphatic rings. The Morgan fingerprint density at radius 2 is 1.65 bits per heavy atom. The average molecular weight is 304 g/mol. The van der Waals surface area contributed by atoms with E-state index in [-0.39, 0.29) is 5.91 Å². The number of nitrogens with zero attached hydrogens (tertiary/aromatic N) is 1. The average Bonchev–Trinajstić information content (AvgIpc) is 2.68. The van der Waals surface area contributed by atoms with Crippen molar-refractivity contribution in [2.24, 2.45) is 0 Å². The second kappa shape index (κ2) is 4.97. The fraction of sp³-hybridized carbons (Fsp3) is 0.0625. The Bertz CT molecular complexity index is 717. The van der Waals surface area contributed by atoms with Crippen LogP contribution in [-0.4, -0.2) is 13.0 Å². The molecule has 1 heterocycles. The van der Waals surface area contributed by atoms with E-state index in [4.69, 9.17) is 23.2 Å². The van der Waals surface area contributed by atoms with Crippen molar-refractivity contribution in [2.75, 3.05) is 11.9 Å². The van der Waals surface area contributed by atoms with Gasteiger partial charge in [-0.1, -0.05) is 47.5 Å². The molecule has 1 amide bonds. The van der Waals surface area contributed by atoms with Crippen LogP contribution in [0.1, 0.15) is 11.1 Å². The third-order valence-electron chi connectivity index (χ3n) is 3.38. The zero-order valence-corrected chi connectivity index (χ0v) is 12.2. The van der Waals surface area contributed by atoms with Gasteiger partial charge in [-0.05, 0) is 24.3 Å². The highest BCUT2D eigenvalue weighted by molar-refractivity contribution is 6.40. The lowest BCUT2D eigenvalue weighted by atomic mass is 10.0. The van der Waals surface area contributed by atoms with Crippen LogP contribution < -0.4 is 4.90 Å². The summed E-state index contributed by atoms with van der Waals surface area (Å²) < 4.78 is 0. The van der Waals surface area contributed by atoms with Gasteiger partial charge in [-0.15, -0.1) is 0 Å². The van der Waals surface area contributed by atoms with Gasteiger partial charge in [-0.2, -0.15) is 0 Å². The molecule has 0 radical (unpaired) electrons. The monoisotopic (exact) mass is 303 g/mol. The summed E-state index contributed by atoms with van der Waals surface area (Å²) >= 11 is 12.3. The predicted molar refractivity (Wildman–Crippen MR) is 84.2 cm³/mol. The lowest BCUT2D eigenvalue weighted by Gasteiger charge is -2.08. The first-order valence-electron chi connectivity index (χ1n) is 6.13. The van der Waals surface area contributed by atoms with E-state index in [9.17, 15) is 4.79 Å². The number of rotatable bonds is 1. The van der Waals surface area contributed by atoms with Crippen LogP contribution >= 0.6 is 23.2 Å². The van der Waals surface area contributed by atoms with Gasteiger partial charge in [-0.3, -0.25) is 4.79 Å². The van der Waals surface area contributed by atoms with E-state index in [0.717, 1.165) is 11.3 Å². The Morgan fingerprint density at radius 1 is 1.00 bits per heavy atom. The number of amides is 1. The normalized spacial score (nSPS) is 15.8. The largest absolute Gasteiger partial charge is 0.311 e. The van der Waals surface area contributed by atoms with Crippen LogP contribution in [0.3, 0.4) is 0 Å². The summed E-state index contributed by atoms with van der Waals surface area (Å²) in [6.45, 7) is 0. The van der Waals surface area contributed by atoms with Crippen LogP contribution in [0.4, 0.5) is 5.69 Å². The summed E-state index contributed by atoms with van der Waals surface area (Å²) in [5, 5.41) is 1.06. The van der Waals surface area contributed by atoms with Gasteiger partial charge in [0.05, 0.1) is 5.69 Å². The molecule has 0 aromatic heterocycles. The summed E-state index contributed by atoms with van der Waals surface area (Å²) in [6.07, 6.45) is 1.76. The zero-order chi connectivity index (χ0) is 14.3. The van der Waals surface area contributed by atoms with Crippen molar-refractivity contribution in [2.45, 2.75) is 0 Å². The van der Waals surface area contributed by atoms with E-state index in [1.54, 1.807) is 36.2 Å². The third kappa shape index (κ3) is 2.01. The van der Waals surface area contributed by atoms with Crippen molar-refractivity contribution in [3.63, 3.8) is 0 Å². The minimum absolute atomic E-state index is 0.0535. The highest BCUT2D eigenvalue weighted by atomic mass is 35.5. The van der Waals surface area contributed by atoms with Crippen LogP contribution in [0.25, 0.3) is 11.6 Å². The standard InChI is InChI=1S/C16H11Cl2NO/c1-19-15-8-3-2-5-10(15)11(16(19)20)9-12-13(17)6-4-7-14(12)18/h2-9H,1H3. The third-order valence-corrected chi connectivity index (χ3v) is 4.04. The van der Waals surface area contributed by atoms with Crippen LogP contribution in [0.5, 0.6) is 0 Å². The van der Waals surface area contributed by atoms with Crippen molar-refractivity contribution in [3.05, 3.63) is 63.6 Å². The Balaban J connectivity index is 2.20. The fourth-order valence-electron chi connectivity index (χ4n) is 2.33. The minimum atomic E-state index is -0.0535. The molecule has 2 aromatic carbocycles. The van der Waals surface area contributed by atoms with Crippen molar-refractivity contribution < 1.29 is 4.79 Å². The molecule has 0 fully saturated rings. The number of anilines is 1. The van der Waals surface area contributed by atoms with Crippen LogP contribution in [0, 0.1) is 0 Å². The summed E-state index contributed by atoms with van der Waals surface area (Å²) in [6, 6.07) is 13.0. The van der Waals surface area contributed by atoms with Crippen molar-refractivity contribution >= 4 is 46.4 Å². The van der Waals surface area contributed by atoms with Crippen molar-refractivity contribution in [1.82, 2.24) is 0 Å². The number of carbonyl (C=O) groups is 1. The number of likely N-dealkylation sites (N-methyl/N-ethyl adjacent to an activating group) is 1. The first kappa shape index (κ1) is 13.2. The maximum Gasteiger partial charge on any atom is 0.258 e. The topological polar surface area (TPSA) is 20.3 Å². The van der Waals surface area contributed by atoms with Gasteiger partial charge >= 0.3 is 0 Å². The van der Waals surface area contributed by atoms with Gasteiger partial charge in [0.2, 0.25) is 0 Å². The molecule has 2 nitrogen and oxygen atoms in total. The minimum Gasteiger partial charge on any atom is -0.311 e. The van der Waals surface area contributed by atoms with E-state index in [2.05, 4.69) is 0 Å². The predicted octanol–water partition coefficient (Wildman–Crippen LogP) is 4.51. The number of hydrogen-bond donors (Lipinski definition) is 0. The summed E-state index contributed by atoms with van der Waals surface area (Å²) in [4.78, 5) is 14.0. The number of hydrogen-bond acceptors (Lipinski definition) is 1. The lowest BCUT2D eigenvalue weighted by Crippen LogP contribution is -2.20. The molecule has 1 aliphatic heterocycles. The molecular weight excluding hydrogens is 293 g/mol. The van der Waals surface area contributed by atoms with Gasteiger partial charge < -0.3 is 4.90 Å². The molecule has 100 valence electrons. The number of halogens is 2. The van der Waals surface area contributed by atoms with Gasteiger partial charge in [0.15, 0.2) is 0 Å². The van der Waals surface area contributed by atoms with E-state index in [1.165, 1.54) is 0 Å². The molecule has 0 saturated heterocycles. The second-order valence-corrected chi connectivity index (χ2v) is 5.39. The number of carbonyl (C=O) groups excluding carboxylic acids is 1. The highest BCUT2D eigenvalue weighted by Crippen LogP contribution is 2.38. The summed E-state index contributed by atoms with van der Waals surface area (Å²) in [5.41, 5.74) is 3.07. The molecule has 0 atom stereocenters. The van der Waals surface area contributed by atoms with Gasteiger partial charge in [0, 0.05) is 33.8 Å². The maximum atomic E-state index is 12.4. The quantitative estimate of drug-likeness (QED) is 0.710. The Hall–Kier alpha value is -1.77. The number of fused-ring (bicyclic) bond motifs is 1. The van der Waals surface area contributed by atoms with E-state index in [0.29, 0.717) is 21.2 Å². The van der Waals surface area contributed by atoms with Gasteiger partial charge in [-0.25, -0.2) is 0 Å². The molecule has 0 aliphatic carbocycles. The van der Waals surface area contributed by atoms with E-state index in [1.807, 2.05) is 24.3 Å². The summed E-state index contributed by atoms with van der Waals surface area (Å²) in [5.74, 6) is -0.0535. The smallest absolute Gasteiger partial charge is 0.258 e. The van der Waals surface area contributed by atoms with Crippen molar-refractivity contribution in [3.8, 4) is 0 Å². The summed E-state index contributed by atoms with van der Waals surface area (Å²) in [7, 11) is 1.76. The molecule has 0 saturated carbocycles. The molecule has 0 unspecified atom stereocenters. The molecule has 4 heteroatoms. The highest BCUT2D eigenvalue weighted by Gasteiger charge is 2.29. The second-order valence-electron chi connectivity index (χ2n) is 4.57. The molecule has 0 bridgehead atoms. The maximum absolute atomic E-state index is 12.4. The van der Waals surface area contributed by atoms with E-state index >= 15 is 0 Å². The zero-order valence-electron chi connectivity index (χ0n) is 10.7. The lowest BCUT2D eigenvalue weighted by molar-refractivity contribution is -0.112. The van der Waals surface area contributed by atoms with Crippen LogP contribution in [0.15, 0.2) is 42.5 Å². The Labute approximate surface area is 127 Å². The van der Waals surface area contributed by atoms with Gasteiger partial charge in [0.1, 0.15) is 0 Å². The Kier molecular flexibility index (Phi) is 3.28. The number of benzene rings is 2. The first-order valence-corrected chi connectivity index (χ1v) is 6.88. The molecular formula is C16H11Cl2NO. The molecule has 2 aromatic rings. The first-order chi connectivity index (χ1) is 9.59.